The molecule has 0 fully saturated rings. The molecule has 0 aromatic rings. The molecule has 2 heteroatoms. The van der Waals surface area contributed by atoms with Gasteiger partial charge in [0, 0.05) is 6.42 Å². The predicted molar refractivity (Wildman–Crippen MR) is 40.8 cm³/mol. The highest BCUT2D eigenvalue weighted by Crippen LogP contribution is 2.12. The first kappa shape index (κ1) is 9.21. The van der Waals surface area contributed by atoms with Crippen molar-refractivity contribution in [2.24, 2.45) is 5.92 Å². The van der Waals surface area contributed by atoms with Gasteiger partial charge in [-0.15, -0.1) is 0 Å². The van der Waals surface area contributed by atoms with Crippen LogP contribution in [-0.4, -0.2) is 11.1 Å². The second-order valence-electron chi connectivity index (χ2n) is 2.71. The quantitative estimate of drug-likeness (QED) is 0.610. The fraction of sp³-hybridized carbons (Fsp3) is 0.625. The van der Waals surface area contributed by atoms with Crippen LogP contribution in [0.4, 0.5) is 0 Å². The van der Waals surface area contributed by atoms with Gasteiger partial charge in [-0.3, -0.25) is 4.79 Å². The Morgan fingerprint density at radius 2 is 2.00 bits per heavy atom. The van der Waals surface area contributed by atoms with Gasteiger partial charge in [0.15, 0.2) is 0 Å². The zero-order valence-corrected chi connectivity index (χ0v) is 6.55. The first-order valence-electron chi connectivity index (χ1n) is 3.43. The monoisotopic (exact) mass is 142 g/mol. The number of carboxylic acid groups (broad SMARTS) is 1. The van der Waals surface area contributed by atoms with E-state index in [9.17, 15) is 4.79 Å². The number of hydrogen-bond donors (Lipinski definition) is 1. The molecule has 0 aliphatic carbocycles. The van der Waals surface area contributed by atoms with Gasteiger partial charge in [0.1, 0.15) is 0 Å². The molecule has 0 aliphatic heterocycles. The maximum Gasteiger partial charge on any atom is 0.303 e. The third-order valence-corrected chi connectivity index (χ3v) is 1.48. The minimum Gasteiger partial charge on any atom is -0.481 e. The summed E-state index contributed by atoms with van der Waals surface area (Å²) in [5, 5.41) is 8.30. The van der Waals surface area contributed by atoms with Crippen LogP contribution in [0.25, 0.3) is 0 Å². The van der Waals surface area contributed by atoms with E-state index in [0.717, 1.165) is 5.57 Å². The highest BCUT2D eigenvalue weighted by molar-refractivity contribution is 5.67. The molecule has 0 amide bonds. The van der Waals surface area contributed by atoms with Gasteiger partial charge in [0.2, 0.25) is 0 Å². The smallest absolute Gasteiger partial charge is 0.303 e. The average molecular weight is 142 g/mol. The van der Waals surface area contributed by atoms with E-state index >= 15 is 0 Å². The predicted octanol–water partition coefficient (Wildman–Crippen LogP) is 2.06. The van der Waals surface area contributed by atoms with E-state index < -0.39 is 5.97 Å². The van der Waals surface area contributed by atoms with E-state index in [1.54, 1.807) is 0 Å². The van der Waals surface area contributed by atoms with Crippen molar-refractivity contribution >= 4 is 5.97 Å². The summed E-state index contributed by atoms with van der Waals surface area (Å²) >= 11 is 0. The van der Waals surface area contributed by atoms with E-state index in [0.29, 0.717) is 12.3 Å². The van der Waals surface area contributed by atoms with Gasteiger partial charge in [-0.05, 0) is 12.3 Å². The van der Waals surface area contributed by atoms with Crippen molar-refractivity contribution in [2.45, 2.75) is 26.7 Å². The van der Waals surface area contributed by atoms with Crippen molar-refractivity contribution in [3.05, 3.63) is 12.2 Å². The van der Waals surface area contributed by atoms with Gasteiger partial charge in [0.25, 0.3) is 0 Å². The van der Waals surface area contributed by atoms with Crippen LogP contribution in [0.5, 0.6) is 0 Å². The third-order valence-electron chi connectivity index (χ3n) is 1.48. The lowest BCUT2D eigenvalue weighted by atomic mass is 10.0. The molecule has 10 heavy (non-hydrogen) atoms. The van der Waals surface area contributed by atoms with E-state index in [2.05, 4.69) is 6.58 Å². The van der Waals surface area contributed by atoms with E-state index in [1.165, 1.54) is 0 Å². The van der Waals surface area contributed by atoms with Gasteiger partial charge in [0.05, 0.1) is 0 Å². The lowest BCUT2D eigenvalue weighted by Crippen LogP contribution is -1.98. The second kappa shape index (κ2) is 4.09. The maximum atomic E-state index is 10.1. The Labute approximate surface area is 61.6 Å². The second-order valence-corrected chi connectivity index (χ2v) is 2.71. The van der Waals surface area contributed by atoms with Gasteiger partial charge >= 0.3 is 5.97 Å². The molecule has 0 bridgehead atoms. The van der Waals surface area contributed by atoms with Crippen LogP contribution in [0.2, 0.25) is 0 Å². The minimum atomic E-state index is -0.748. The van der Waals surface area contributed by atoms with Crippen molar-refractivity contribution in [3.8, 4) is 0 Å². The molecule has 58 valence electrons. The molecular formula is C8H14O2. The Balaban J connectivity index is 3.50. The first-order valence-corrected chi connectivity index (χ1v) is 3.43. The summed E-state index contributed by atoms with van der Waals surface area (Å²) in [6, 6.07) is 0. The Hall–Kier alpha value is -0.790. The summed E-state index contributed by atoms with van der Waals surface area (Å²) in [4.78, 5) is 10.1. The van der Waals surface area contributed by atoms with Crippen molar-refractivity contribution in [1.29, 1.82) is 0 Å². The fourth-order valence-electron chi connectivity index (χ4n) is 0.556. The van der Waals surface area contributed by atoms with Gasteiger partial charge in [-0.1, -0.05) is 26.0 Å². The summed E-state index contributed by atoms with van der Waals surface area (Å²) in [7, 11) is 0. The molecule has 0 rings (SSSR count). The zero-order chi connectivity index (χ0) is 8.15. The van der Waals surface area contributed by atoms with Gasteiger partial charge in [-0.2, -0.15) is 0 Å². The fourth-order valence-corrected chi connectivity index (χ4v) is 0.556. The minimum absolute atomic E-state index is 0.205. The molecule has 0 atom stereocenters. The summed E-state index contributed by atoms with van der Waals surface area (Å²) < 4.78 is 0. The Morgan fingerprint density at radius 3 is 2.30 bits per heavy atom. The van der Waals surface area contributed by atoms with Crippen LogP contribution >= 0.6 is 0 Å². The number of hydrogen-bond acceptors (Lipinski definition) is 1. The first-order chi connectivity index (χ1) is 4.54. The van der Waals surface area contributed by atoms with Crippen molar-refractivity contribution < 1.29 is 9.90 Å². The molecule has 1 N–H and O–H groups in total. The number of aliphatic carboxylic acids is 1. The standard InChI is InChI=1S/C8H14O2/c1-6(2)7(3)4-5-8(9)10/h6H,3-5H2,1-2H3,(H,9,10). The highest BCUT2D eigenvalue weighted by atomic mass is 16.4. The van der Waals surface area contributed by atoms with E-state index in [-0.39, 0.29) is 6.42 Å². The summed E-state index contributed by atoms with van der Waals surface area (Å²) in [5.41, 5.74) is 1.02. The number of carboxylic acids is 1. The van der Waals surface area contributed by atoms with Crippen molar-refractivity contribution in [3.63, 3.8) is 0 Å². The van der Waals surface area contributed by atoms with Crippen LogP contribution in [0.1, 0.15) is 26.7 Å². The summed E-state index contributed by atoms with van der Waals surface area (Å²) in [6.45, 7) is 7.80. The van der Waals surface area contributed by atoms with Crippen molar-refractivity contribution in [2.75, 3.05) is 0 Å². The van der Waals surface area contributed by atoms with Crippen LogP contribution < -0.4 is 0 Å². The topological polar surface area (TPSA) is 37.3 Å². The van der Waals surface area contributed by atoms with Crippen LogP contribution in [0, 0.1) is 5.92 Å². The molecule has 0 spiro atoms. The third kappa shape index (κ3) is 4.13. The maximum absolute atomic E-state index is 10.1. The van der Waals surface area contributed by atoms with Crippen LogP contribution in [0.3, 0.4) is 0 Å². The zero-order valence-electron chi connectivity index (χ0n) is 6.55. The molecule has 0 aromatic carbocycles. The molecule has 0 saturated heterocycles. The average Bonchev–Trinajstić information content (AvgIpc) is 1.82. The van der Waals surface area contributed by atoms with Gasteiger partial charge < -0.3 is 5.11 Å². The highest BCUT2D eigenvalue weighted by Gasteiger charge is 2.02. The van der Waals surface area contributed by atoms with Crippen LogP contribution in [0.15, 0.2) is 12.2 Å². The SMILES string of the molecule is C=C(CCC(=O)O)C(C)C. The molecule has 0 aromatic heterocycles. The van der Waals surface area contributed by atoms with Crippen LogP contribution in [-0.2, 0) is 4.79 Å². The molecule has 0 saturated carbocycles. The van der Waals surface area contributed by atoms with Gasteiger partial charge in [-0.25, -0.2) is 0 Å². The summed E-state index contributed by atoms with van der Waals surface area (Å²) in [5.74, 6) is -0.346. The molecular weight excluding hydrogens is 128 g/mol. The normalized spacial score (nSPS) is 9.90. The van der Waals surface area contributed by atoms with Crippen molar-refractivity contribution in [1.82, 2.24) is 0 Å². The number of allylic oxidation sites excluding steroid dienone is 1. The largest absolute Gasteiger partial charge is 0.481 e. The summed E-state index contributed by atoms with van der Waals surface area (Å²) in [6.07, 6.45) is 0.810. The molecule has 0 unspecified atom stereocenters. The van der Waals surface area contributed by atoms with E-state index in [1.807, 2.05) is 13.8 Å². The molecule has 0 heterocycles. The number of rotatable bonds is 4. The van der Waals surface area contributed by atoms with E-state index in [4.69, 9.17) is 5.11 Å². The Morgan fingerprint density at radius 1 is 1.50 bits per heavy atom. The molecule has 0 aliphatic rings. The Bertz CT molecular complexity index is 136. The molecule has 2 nitrogen and oxygen atoms in total. The lowest BCUT2D eigenvalue weighted by Gasteiger charge is -2.05. The molecule has 0 radical (unpaired) electrons. The number of carbonyl (C=O) groups is 1. The lowest BCUT2D eigenvalue weighted by molar-refractivity contribution is -0.136. The Kier molecular flexibility index (Phi) is 3.77.